The summed E-state index contributed by atoms with van der Waals surface area (Å²) in [6.07, 6.45) is 7.23. The van der Waals surface area contributed by atoms with Crippen molar-refractivity contribution in [1.82, 2.24) is 19.3 Å². The molecule has 2 heterocycles. The molecular formula is C17H20N4O2. The molecule has 0 unspecified atom stereocenters. The normalized spacial score (nSPS) is 11.3. The van der Waals surface area contributed by atoms with Gasteiger partial charge in [0.2, 0.25) is 0 Å². The van der Waals surface area contributed by atoms with E-state index < -0.39 is 0 Å². The zero-order valence-corrected chi connectivity index (χ0v) is 13.1. The van der Waals surface area contributed by atoms with Gasteiger partial charge in [0, 0.05) is 37.6 Å². The van der Waals surface area contributed by atoms with Crippen LogP contribution in [0.2, 0.25) is 0 Å². The lowest BCUT2D eigenvalue weighted by Gasteiger charge is -2.22. The van der Waals surface area contributed by atoms with Crippen LogP contribution < -0.4 is 4.74 Å². The first kappa shape index (κ1) is 15.5. The van der Waals surface area contributed by atoms with Crippen LogP contribution in [-0.2, 0) is 13.1 Å². The number of nitrogens with zero attached hydrogens (tertiary/aromatic N) is 4. The zero-order valence-electron chi connectivity index (χ0n) is 13.1. The average Bonchev–Trinajstić information content (AvgIpc) is 2.99. The molecule has 0 bridgehead atoms. The number of aliphatic hydroxyl groups excluding tert-OH is 1. The number of ether oxygens (including phenoxy) is 1. The summed E-state index contributed by atoms with van der Waals surface area (Å²) in [7, 11) is 1.67. The predicted octanol–water partition coefficient (Wildman–Crippen LogP) is 1.73. The Bertz CT molecular complexity index is 772. The first-order valence-electron chi connectivity index (χ1n) is 7.53. The third-order valence-corrected chi connectivity index (χ3v) is 3.78. The van der Waals surface area contributed by atoms with Crippen molar-refractivity contribution in [2.45, 2.75) is 13.1 Å². The van der Waals surface area contributed by atoms with E-state index in [2.05, 4.69) is 14.9 Å². The van der Waals surface area contributed by atoms with Crippen molar-refractivity contribution in [1.29, 1.82) is 0 Å². The molecule has 0 saturated carbocycles. The van der Waals surface area contributed by atoms with Gasteiger partial charge in [-0.3, -0.25) is 14.3 Å². The molecule has 0 saturated heterocycles. The average molecular weight is 312 g/mol. The molecule has 3 rings (SSSR count). The molecule has 6 nitrogen and oxygen atoms in total. The molecule has 1 N–H and O–H groups in total. The molecule has 2 aromatic heterocycles. The fourth-order valence-corrected chi connectivity index (χ4v) is 2.67. The third kappa shape index (κ3) is 3.49. The highest BCUT2D eigenvalue weighted by molar-refractivity contribution is 5.37. The Morgan fingerprint density at radius 2 is 2.09 bits per heavy atom. The largest absolute Gasteiger partial charge is 0.496 e. The van der Waals surface area contributed by atoms with Crippen LogP contribution >= 0.6 is 0 Å². The minimum absolute atomic E-state index is 0.105. The predicted molar refractivity (Wildman–Crippen MR) is 87.2 cm³/mol. The molecule has 1 aromatic carbocycles. The van der Waals surface area contributed by atoms with Crippen LogP contribution in [0.25, 0.3) is 5.65 Å². The first-order valence-corrected chi connectivity index (χ1v) is 7.53. The summed E-state index contributed by atoms with van der Waals surface area (Å²) in [5.74, 6) is 0.859. The number of aromatic nitrogens is 3. The van der Waals surface area contributed by atoms with Crippen LogP contribution in [0.5, 0.6) is 5.75 Å². The fourth-order valence-electron chi connectivity index (χ4n) is 2.67. The van der Waals surface area contributed by atoms with E-state index in [1.54, 1.807) is 19.5 Å². The highest BCUT2D eigenvalue weighted by Crippen LogP contribution is 2.20. The van der Waals surface area contributed by atoms with Crippen molar-refractivity contribution in [2.75, 3.05) is 20.3 Å². The van der Waals surface area contributed by atoms with Crippen LogP contribution in [0.4, 0.5) is 0 Å². The number of methoxy groups -OCH3 is 1. The zero-order chi connectivity index (χ0) is 16.1. The number of imidazole rings is 1. The summed E-state index contributed by atoms with van der Waals surface area (Å²) in [6, 6.07) is 7.94. The van der Waals surface area contributed by atoms with Gasteiger partial charge < -0.3 is 9.84 Å². The van der Waals surface area contributed by atoms with E-state index in [4.69, 9.17) is 4.74 Å². The lowest BCUT2D eigenvalue weighted by Crippen LogP contribution is -2.26. The third-order valence-electron chi connectivity index (χ3n) is 3.78. The first-order chi connectivity index (χ1) is 11.3. The number of para-hydroxylation sites is 1. The van der Waals surface area contributed by atoms with Gasteiger partial charge in [-0.2, -0.15) is 0 Å². The number of rotatable bonds is 7. The van der Waals surface area contributed by atoms with Crippen LogP contribution in [0.3, 0.4) is 0 Å². The van der Waals surface area contributed by atoms with Gasteiger partial charge in [-0.05, 0) is 6.07 Å². The summed E-state index contributed by atoms with van der Waals surface area (Å²) < 4.78 is 7.43. The molecule has 6 heteroatoms. The van der Waals surface area contributed by atoms with Crippen molar-refractivity contribution < 1.29 is 9.84 Å². The Labute approximate surface area is 135 Å². The van der Waals surface area contributed by atoms with Crippen molar-refractivity contribution in [3.05, 3.63) is 60.3 Å². The minimum atomic E-state index is 0.105. The molecule has 0 spiro atoms. The summed E-state index contributed by atoms with van der Waals surface area (Å²) in [6.45, 7) is 2.07. The summed E-state index contributed by atoms with van der Waals surface area (Å²) in [5, 5.41) is 9.38. The maximum Gasteiger partial charge on any atom is 0.155 e. The van der Waals surface area contributed by atoms with Crippen LogP contribution in [0, 0.1) is 0 Å². The molecule has 0 aliphatic rings. The van der Waals surface area contributed by atoms with Gasteiger partial charge in [-0.25, -0.2) is 4.98 Å². The highest BCUT2D eigenvalue weighted by atomic mass is 16.5. The van der Waals surface area contributed by atoms with Gasteiger partial charge in [-0.15, -0.1) is 0 Å². The van der Waals surface area contributed by atoms with E-state index in [1.165, 1.54) is 0 Å². The van der Waals surface area contributed by atoms with E-state index in [-0.39, 0.29) is 6.61 Å². The van der Waals surface area contributed by atoms with E-state index in [0.717, 1.165) is 22.7 Å². The number of hydrogen-bond acceptors (Lipinski definition) is 5. The van der Waals surface area contributed by atoms with E-state index in [0.29, 0.717) is 19.6 Å². The molecule has 0 aliphatic heterocycles. The van der Waals surface area contributed by atoms with Crippen LogP contribution in [-0.4, -0.2) is 44.6 Å². The van der Waals surface area contributed by atoms with E-state index in [1.807, 2.05) is 41.1 Å². The number of aliphatic hydroxyl groups is 1. The molecule has 0 radical (unpaired) electrons. The topological polar surface area (TPSA) is 62.9 Å². The molecule has 0 fully saturated rings. The van der Waals surface area contributed by atoms with Crippen molar-refractivity contribution in [3.8, 4) is 5.75 Å². The van der Waals surface area contributed by atoms with Gasteiger partial charge in [-0.1, -0.05) is 18.2 Å². The standard InChI is InChI=1S/C17H20N4O2/c1-23-16-5-3-2-4-14(16)12-20(8-9-22)13-15-10-19-17-11-18-6-7-21(15)17/h2-7,10-11,22H,8-9,12-13H2,1H3. The van der Waals surface area contributed by atoms with Crippen molar-refractivity contribution in [2.24, 2.45) is 0 Å². The Kier molecular flexibility index (Phi) is 4.85. The smallest absolute Gasteiger partial charge is 0.155 e. The molecule has 120 valence electrons. The minimum Gasteiger partial charge on any atom is -0.496 e. The SMILES string of the molecule is COc1ccccc1CN(CCO)Cc1cnc2cnccn12. The summed E-state index contributed by atoms with van der Waals surface area (Å²) >= 11 is 0. The monoisotopic (exact) mass is 312 g/mol. The van der Waals surface area contributed by atoms with Crippen molar-refractivity contribution in [3.63, 3.8) is 0 Å². The van der Waals surface area contributed by atoms with Gasteiger partial charge >= 0.3 is 0 Å². The molecule has 0 atom stereocenters. The van der Waals surface area contributed by atoms with Gasteiger partial charge in [0.25, 0.3) is 0 Å². The van der Waals surface area contributed by atoms with Crippen LogP contribution in [0.15, 0.2) is 49.1 Å². The Balaban J connectivity index is 1.81. The number of fused-ring (bicyclic) bond motifs is 1. The van der Waals surface area contributed by atoms with E-state index in [9.17, 15) is 5.11 Å². The summed E-state index contributed by atoms with van der Waals surface area (Å²) in [4.78, 5) is 10.6. The molecule has 0 amide bonds. The van der Waals surface area contributed by atoms with Crippen molar-refractivity contribution >= 4 is 5.65 Å². The van der Waals surface area contributed by atoms with Crippen LogP contribution in [0.1, 0.15) is 11.3 Å². The Morgan fingerprint density at radius 3 is 2.91 bits per heavy atom. The molecular weight excluding hydrogens is 292 g/mol. The van der Waals surface area contributed by atoms with Gasteiger partial charge in [0.15, 0.2) is 5.65 Å². The second-order valence-electron chi connectivity index (χ2n) is 5.30. The maximum atomic E-state index is 9.38. The number of hydrogen-bond donors (Lipinski definition) is 1. The molecule has 23 heavy (non-hydrogen) atoms. The second-order valence-corrected chi connectivity index (χ2v) is 5.30. The Morgan fingerprint density at radius 1 is 1.22 bits per heavy atom. The number of benzene rings is 1. The lowest BCUT2D eigenvalue weighted by molar-refractivity contribution is 0.181. The second kappa shape index (κ2) is 7.21. The molecule has 0 aliphatic carbocycles. The fraction of sp³-hybridized carbons (Fsp3) is 0.294. The maximum absolute atomic E-state index is 9.38. The summed E-state index contributed by atoms with van der Waals surface area (Å²) in [5.41, 5.74) is 2.98. The van der Waals surface area contributed by atoms with E-state index >= 15 is 0 Å². The highest BCUT2D eigenvalue weighted by Gasteiger charge is 2.12. The van der Waals surface area contributed by atoms with Gasteiger partial charge in [0.1, 0.15) is 5.75 Å². The van der Waals surface area contributed by atoms with Gasteiger partial charge in [0.05, 0.1) is 31.8 Å². The lowest BCUT2D eigenvalue weighted by atomic mass is 10.2. The quantitative estimate of drug-likeness (QED) is 0.720. The molecule has 3 aromatic rings. The Hall–Kier alpha value is -2.44.